The first-order valence-electron chi connectivity index (χ1n) is 6.76. The van der Waals surface area contributed by atoms with Crippen LogP contribution in [0.4, 0.5) is 0 Å². The van der Waals surface area contributed by atoms with Gasteiger partial charge in [0.25, 0.3) is 0 Å². The van der Waals surface area contributed by atoms with Crippen molar-refractivity contribution >= 4 is 11.9 Å². The lowest BCUT2D eigenvalue weighted by Gasteiger charge is -2.13. The molecule has 1 atom stereocenters. The number of hydrogen-bond acceptors (Lipinski definition) is 3. The second-order valence-corrected chi connectivity index (χ2v) is 4.27. The molecule has 0 spiro atoms. The predicted molar refractivity (Wildman–Crippen MR) is 72.1 cm³/mol. The average molecular weight is 255 g/mol. The molecular weight excluding hydrogens is 230 g/mol. The molecule has 0 saturated heterocycles. The maximum atomic E-state index is 11.4. The molecule has 4 heteroatoms. The summed E-state index contributed by atoms with van der Waals surface area (Å²) in [4.78, 5) is 22.4. The SMILES string of the molecule is CCCCC(CC)COC(=O)/C=C\C(=O)NCC. The molecule has 0 aliphatic carbocycles. The van der Waals surface area contributed by atoms with Crippen molar-refractivity contribution in [3.05, 3.63) is 12.2 Å². The molecule has 0 rings (SSSR count). The van der Waals surface area contributed by atoms with E-state index in [0.29, 0.717) is 19.1 Å². The Morgan fingerprint density at radius 1 is 1.22 bits per heavy atom. The first-order chi connectivity index (χ1) is 8.63. The summed E-state index contributed by atoms with van der Waals surface area (Å²) >= 11 is 0. The molecule has 1 unspecified atom stereocenters. The fourth-order valence-electron chi connectivity index (χ4n) is 1.52. The van der Waals surface area contributed by atoms with E-state index in [1.807, 2.05) is 6.92 Å². The summed E-state index contributed by atoms with van der Waals surface area (Å²) in [5.74, 6) is -0.296. The third-order valence-corrected chi connectivity index (χ3v) is 2.73. The highest BCUT2D eigenvalue weighted by atomic mass is 16.5. The summed E-state index contributed by atoms with van der Waals surface area (Å²) in [6.45, 7) is 7.05. The summed E-state index contributed by atoms with van der Waals surface area (Å²) in [7, 11) is 0. The second kappa shape index (κ2) is 10.8. The molecule has 1 amide bonds. The summed E-state index contributed by atoms with van der Waals surface area (Å²) < 4.78 is 5.11. The van der Waals surface area contributed by atoms with Crippen LogP contribution in [0.3, 0.4) is 0 Å². The van der Waals surface area contributed by atoms with Crippen LogP contribution in [-0.4, -0.2) is 25.0 Å². The minimum atomic E-state index is -0.448. The van der Waals surface area contributed by atoms with Gasteiger partial charge < -0.3 is 10.1 Å². The summed E-state index contributed by atoms with van der Waals surface area (Å²) in [5.41, 5.74) is 0. The molecule has 0 heterocycles. The number of nitrogens with one attached hydrogen (secondary N) is 1. The smallest absolute Gasteiger partial charge is 0.330 e. The number of hydrogen-bond donors (Lipinski definition) is 1. The van der Waals surface area contributed by atoms with Crippen molar-refractivity contribution in [2.45, 2.75) is 46.5 Å². The molecule has 0 aliphatic heterocycles. The molecule has 18 heavy (non-hydrogen) atoms. The summed E-state index contributed by atoms with van der Waals surface area (Å²) in [6, 6.07) is 0. The highest BCUT2D eigenvalue weighted by Gasteiger charge is 2.08. The van der Waals surface area contributed by atoms with Gasteiger partial charge in [0.1, 0.15) is 0 Å². The lowest BCUT2D eigenvalue weighted by molar-refractivity contribution is -0.139. The fraction of sp³-hybridized carbons (Fsp3) is 0.714. The first-order valence-corrected chi connectivity index (χ1v) is 6.76. The lowest BCUT2D eigenvalue weighted by Crippen LogP contribution is -2.20. The van der Waals surface area contributed by atoms with Gasteiger partial charge in [-0.1, -0.05) is 33.1 Å². The monoisotopic (exact) mass is 255 g/mol. The molecule has 0 saturated carbocycles. The Labute approximate surface area is 110 Å². The molecule has 0 radical (unpaired) electrons. The van der Waals surface area contributed by atoms with Gasteiger partial charge in [-0.25, -0.2) is 4.79 Å². The van der Waals surface area contributed by atoms with Crippen molar-refractivity contribution in [3.63, 3.8) is 0 Å². The number of likely N-dealkylation sites (N-methyl/N-ethyl adjacent to an activating group) is 1. The highest BCUT2D eigenvalue weighted by molar-refractivity contribution is 5.94. The van der Waals surface area contributed by atoms with E-state index in [1.54, 1.807) is 0 Å². The van der Waals surface area contributed by atoms with Crippen molar-refractivity contribution in [1.82, 2.24) is 5.32 Å². The lowest BCUT2D eigenvalue weighted by atomic mass is 10.0. The number of unbranched alkanes of at least 4 members (excludes halogenated alkanes) is 1. The predicted octanol–water partition coefficient (Wildman–Crippen LogP) is 2.44. The standard InChI is InChI=1S/C14H25NO3/c1-4-7-8-12(5-2)11-18-14(17)10-9-13(16)15-6-3/h9-10,12H,4-8,11H2,1-3H3,(H,15,16)/b10-9-. The Kier molecular flexibility index (Phi) is 10.0. The molecule has 0 aromatic rings. The Balaban J connectivity index is 3.90. The normalized spacial score (nSPS) is 12.4. The van der Waals surface area contributed by atoms with Gasteiger partial charge in [-0.3, -0.25) is 4.79 Å². The van der Waals surface area contributed by atoms with Gasteiger partial charge in [0, 0.05) is 18.7 Å². The van der Waals surface area contributed by atoms with E-state index in [2.05, 4.69) is 19.2 Å². The number of rotatable bonds is 9. The molecule has 0 bridgehead atoms. The van der Waals surface area contributed by atoms with Crippen molar-refractivity contribution < 1.29 is 14.3 Å². The van der Waals surface area contributed by atoms with Gasteiger partial charge in [0.15, 0.2) is 0 Å². The van der Waals surface area contributed by atoms with Crippen LogP contribution in [0.1, 0.15) is 46.5 Å². The van der Waals surface area contributed by atoms with Crippen molar-refractivity contribution in [2.24, 2.45) is 5.92 Å². The van der Waals surface area contributed by atoms with Gasteiger partial charge >= 0.3 is 5.97 Å². The third kappa shape index (κ3) is 8.79. The zero-order chi connectivity index (χ0) is 13.8. The molecule has 0 aromatic carbocycles. The molecule has 4 nitrogen and oxygen atoms in total. The third-order valence-electron chi connectivity index (χ3n) is 2.73. The molecule has 0 aromatic heterocycles. The molecule has 1 N–H and O–H groups in total. The van der Waals surface area contributed by atoms with E-state index in [9.17, 15) is 9.59 Å². The maximum absolute atomic E-state index is 11.4. The average Bonchev–Trinajstić information content (AvgIpc) is 2.37. The van der Waals surface area contributed by atoms with Crippen LogP contribution in [0.5, 0.6) is 0 Å². The molecule has 0 fully saturated rings. The van der Waals surface area contributed by atoms with E-state index in [-0.39, 0.29) is 5.91 Å². The van der Waals surface area contributed by atoms with Crippen LogP contribution in [0.2, 0.25) is 0 Å². The first kappa shape index (κ1) is 16.7. The summed E-state index contributed by atoms with van der Waals surface area (Å²) in [6.07, 6.45) is 6.79. The Hall–Kier alpha value is -1.32. The van der Waals surface area contributed by atoms with Gasteiger partial charge in [-0.15, -0.1) is 0 Å². The zero-order valence-corrected chi connectivity index (χ0v) is 11.7. The quantitative estimate of drug-likeness (QED) is 0.508. The Bertz CT molecular complexity index is 274. The Morgan fingerprint density at radius 2 is 1.94 bits per heavy atom. The number of carbonyl (C=O) groups excluding carboxylic acids is 2. The zero-order valence-electron chi connectivity index (χ0n) is 11.7. The largest absolute Gasteiger partial charge is 0.462 e. The number of amides is 1. The van der Waals surface area contributed by atoms with Crippen LogP contribution >= 0.6 is 0 Å². The van der Waals surface area contributed by atoms with Crippen molar-refractivity contribution in [2.75, 3.05) is 13.2 Å². The van der Waals surface area contributed by atoms with E-state index in [0.717, 1.165) is 25.7 Å². The molecular formula is C14H25NO3. The van der Waals surface area contributed by atoms with Gasteiger partial charge in [-0.05, 0) is 19.3 Å². The molecule has 0 aliphatic rings. The van der Waals surface area contributed by atoms with Crippen LogP contribution in [-0.2, 0) is 14.3 Å². The second-order valence-electron chi connectivity index (χ2n) is 4.27. The van der Waals surface area contributed by atoms with E-state index < -0.39 is 5.97 Å². The van der Waals surface area contributed by atoms with E-state index >= 15 is 0 Å². The number of ether oxygens (including phenoxy) is 1. The van der Waals surface area contributed by atoms with Crippen LogP contribution in [0.25, 0.3) is 0 Å². The van der Waals surface area contributed by atoms with Gasteiger partial charge in [0.05, 0.1) is 6.61 Å². The fourth-order valence-corrected chi connectivity index (χ4v) is 1.52. The van der Waals surface area contributed by atoms with Crippen LogP contribution < -0.4 is 5.32 Å². The van der Waals surface area contributed by atoms with E-state index in [1.165, 1.54) is 12.2 Å². The van der Waals surface area contributed by atoms with E-state index in [4.69, 9.17) is 4.74 Å². The van der Waals surface area contributed by atoms with Crippen molar-refractivity contribution in [1.29, 1.82) is 0 Å². The maximum Gasteiger partial charge on any atom is 0.330 e. The van der Waals surface area contributed by atoms with Gasteiger partial charge in [-0.2, -0.15) is 0 Å². The summed E-state index contributed by atoms with van der Waals surface area (Å²) in [5, 5.41) is 2.57. The minimum Gasteiger partial charge on any atom is -0.462 e. The number of esters is 1. The van der Waals surface area contributed by atoms with Crippen LogP contribution in [0.15, 0.2) is 12.2 Å². The van der Waals surface area contributed by atoms with Gasteiger partial charge in [0.2, 0.25) is 5.91 Å². The van der Waals surface area contributed by atoms with Crippen molar-refractivity contribution in [3.8, 4) is 0 Å². The Morgan fingerprint density at radius 3 is 2.50 bits per heavy atom. The number of carbonyl (C=O) groups is 2. The highest BCUT2D eigenvalue weighted by Crippen LogP contribution is 2.12. The minimum absolute atomic E-state index is 0.271. The van der Waals surface area contributed by atoms with Crippen LogP contribution in [0, 0.1) is 5.92 Å². The topological polar surface area (TPSA) is 55.4 Å². The molecule has 104 valence electrons.